The zero-order chi connectivity index (χ0) is 39.5. The highest BCUT2D eigenvalue weighted by Gasteiger charge is 2.24. The van der Waals surface area contributed by atoms with Gasteiger partial charge in [0.1, 0.15) is 21.2 Å². The Kier molecular flexibility index (Phi) is 11.5. The van der Waals surface area contributed by atoms with E-state index in [1.54, 1.807) is 0 Å². The maximum absolute atomic E-state index is 14.2. The summed E-state index contributed by atoms with van der Waals surface area (Å²) in [5.74, 6) is -1.28. The molecule has 0 unspecified atom stereocenters. The van der Waals surface area contributed by atoms with Gasteiger partial charge in [0.05, 0.1) is 19.0 Å². The smallest absolute Gasteiger partial charge is 0.379 e. The Bertz CT molecular complexity index is 2770. The van der Waals surface area contributed by atoms with Gasteiger partial charge in [-0.3, -0.25) is 13.7 Å². The molecule has 0 bridgehead atoms. The average Bonchev–Trinajstić information content (AvgIpc) is 3.07. The van der Waals surface area contributed by atoms with Gasteiger partial charge in [-0.2, -0.15) is 44.6 Å². The zero-order valence-electron chi connectivity index (χ0n) is 27.1. The number of benzene rings is 4. The summed E-state index contributed by atoms with van der Waals surface area (Å²) in [7, 11) is -18.6. The number of nitrogens with one attached hydrogen (secondary N) is 2. The lowest BCUT2D eigenvalue weighted by Crippen LogP contribution is -2.16. The Morgan fingerprint density at radius 1 is 0.778 bits per heavy atom. The summed E-state index contributed by atoms with van der Waals surface area (Å²) in [4.78, 5) is 9.63. The van der Waals surface area contributed by atoms with Crippen molar-refractivity contribution in [3.63, 3.8) is 0 Å². The van der Waals surface area contributed by atoms with E-state index < -0.39 is 67.8 Å². The van der Waals surface area contributed by atoms with Gasteiger partial charge in [-0.25, -0.2) is 8.42 Å². The maximum Gasteiger partial charge on any atom is 0.446 e. The highest BCUT2D eigenvalue weighted by atomic mass is 32.3. The molecule has 0 atom stereocenters. The van der Waals surface area contributed by atoms with Crippen LogP contribution in [0.4, 0.5) is 33.3 Å². The molecule has 0 amide bonds. The minimum Gasteiger partial charge on any atom is -0.379 e. The van der Waals surface area contributed by atoms with Gasteiger partial charge in [0, 0.05) is 33.8 Å². The van der Waals surface area contributed by atoms with E-state index >= 15 is 0 Å². The van der Waals surface area contributed by atoms with E-state index in [1.165, 1.54) is 30.3 Å². The molecule has 1 aromatic heterocycles. The van der Waals surface area contributed by atoms with E-state index in [4.69, 9.17) is 8.92 Å². The summed E-state index contributed by atoms with van der Waals surface area (Å²) >= 11 is 0. The number of hydrogen-bond acceptors (Lipinski definition) is 17. The second-order valence-electron chi connectivity index (χ2n) is 10.7. The van der Waals surface area contributed by atoms with Crippen LogP contribution >= 0.6 is 0 Å². The summed E-state index contributed by atoms with van der Waals surface area (Å²) in [5.41, 5.74) is -0.647. The fourth-order valence-electron chi connectivity index (χ4n) is 4.82. The molecular formula is C29H26FN7O13S4. The molecule has 4 aromatic carbocycles. The minimum absolute atomic E-state index is 0.0195. The van der Waals surface area contributed by atoms with Crippen LogP contribution in [0.25, 0.3) is 21.5 Å². The lowest BCUT2D eigenvalue weighted by molar-refractivity contribution is 0.159. The first kappa shape index (κ1) is 39.9. The number of rotatable bonds is 16. The number of aromatic nitrogens is 3. The molecule has 0 radical (unpaired) electrons. The van der Waals surface area contributed by atoms with Crippen LogP contribution in [-0.2, 0) is 45.2 Å². The molecule has 286 valence electrons. The van der Waals surface area contributed by atoms with E-state index in [1.807, 2.05) is 0 Å². The standard InChI is InChI=1S/C29H26FN7O13S4/c1-2-51(38,39)15-14-49-13-12-31-28-33-27(30)34-29(35-28)32-18-7-8-19-17(16-18)6-10-22(25(19)50-54(46,47)48)36-37-23-11-9-20-21(26(23)53(43,44)45)4-3-5-24(20)52(40,41)42/h2-11,16H,1,12-15H2,(H,40,41,42)(H,43,44,45)(H,46,47,48)(H2,31,32,33,34,35). The summed E-state index contributed by atoms with van der Waals surface area (Å²) in [5, 5.41) is 13.6. The molecule has 1 heterocycles. The lowest BCUT2D eigenvalue weighted by atomic mass is 10.1. The van der Waals surface area contributed by atoms with E-state index in [2.05, 4.69) is 42.4 Å². The number of halogens is 1. The molecule has 0 fully saturated rings. The quantitative estimate of drug-likeness (QED) is 0.0530. The second kappa shape index (κ2) is 15.6. The largest absolute Gasteiger partial charge is 0.446 e. The van der Waals surface area contributed by atoms with Crippen molar-refractivity contribution in [2.45, 2.75) is 9.79 Å². The Morgan fingerprint density at radius 3 is 2.15 bits per heavy atom. The second-order valence-corrected chi connectivity index (χ2v) is 16.6. The summed E-state index contributed by atoms with van der Waals surface area (Å²) < 4.78 is 148. The van der Waals surface area contributed by atoms with Crippen molar-refractivity contribution in [3.8, 4) is 5.75 Å². The third-order valence-electron chi connectivity index (χ3n) is 7.05. The summed E-state index contributed by atoms with van der Waals surface area (Å²) in [6.07, 6.45) is -1.16. The zero-order valence-corrected chi connectivity index (χ0v) is 30.3. The van der Waals surface area contributed by atoms with Crippen LogP contribution in [0.2, 0.25) is 0 Å². The Labute approximate surface area is 306 Å². The van der Waals surface area contributed by atoms with Crippen molar-refractivity contribution in [1.82, 2.24) is 15.0 Å². The van der Waals surface area contributed by atoms with Crippen LogP contribution < -0.4 is 14.8 Å². The lowest BCUT2D eigenvalue weighted by Gasteiger charge is -2.12. The van der Waals surface area contributed by atoms with Gasteiger partial charge in [0.15, 0.2) is 15.6 Å². The first-order chi connectivity index (χ1) is 25.2. The van der Waals surface area contributed by atoms with Gasteiger partial charge >= 0.3 is 16.5 Å². The highest BCUT2D eigenvalue weighted by Crippen LogP contribution is 2.41. The molecule has 0 aliphatic rings. The van der Waals surface area contributed by atoms with E-state index in [-0.39, 0.29) is 70.3 Å². The van der Waals surface area contributed by atoms with Crippen LogP contribution in [-0.4, -0.2) is 87.8 Å². The van der Waals surface area contributed by atoms with Crippen LogP contribution in [0.15, 0.2) is 92.7 Å². The Morgan fingerprint density at radius 2 is 1.46 bits per heavy atom. The maximum atomic E-state index is 14.2. The van der Waals surface area contributed by atoms with Crippen LogP contribution in [0.1, 0.15) is 0 Å². The first-order valence-electron chi connectivity index (χ1n) is 14.8. The predicted octanol–water partition coefficient (Wildman–Crippen LogP) is 4.14. The van der Waals surface area contributed by atoms with Crippen molar-refractivity contribution < 1.29 is 60.6 Å². The van der Waals surface area contributed by atoms with Crippen molar-refractivity contribution in [2.75, 3.05) is 36.1 Å². The molecular weight excluding hydrogens is 802 g/mol. The van der Waals surface area contributed by atoms with Gasteiger partial charge in [-0.1, -0.05) is 30.8 Å². The van der Waals surface area contributed by atoms with Crippen molar-refractivity contribution >= 4 is 91.0 Å². The Balaban J connectivity index is 1.43. The minimum atomic E-state index is -5.19. The molecule has 0 saturated carbocycles. The third kappa shape index (κ3) is 10.0. The van der Waals surface area contributed by atoms with E-state index in [0.717, 1.165) is 35.7 Å². The number of fused-ring (bicyclic) bond motifs is 2. The van der Waals surface area contributed by atoms with Gasteiger partial charge in [-0.15, -0.1) is 10.2 Å². The molecule has 5 N–H and O–H groups in total. The van der Waals surface area contributed by atoms with Gasteiger partial charge < -0.3 is 19.6 Å². The van der Waals surface area contributed by atoms with E-state index in [9.17, 15) is 51.7 Å². The fourth-order valence-corrected chi connectivity index (χ4v) is 7.26. The number of azo groups is 1. The predicted molar refractivity (Wildman–Crippen MR) is 190 cm³/mol. The van der Waals surface area contributed by atoms with Gasteiger partial charge in [0.2, 0.25) is 11.9 Å². The number of anilines is 3. The van der Waals surface area contributed by atoms with Crippen molar-refractivity contribution in [3.05, 3.63) is 78.7 Å². The molecule has 0 aliphatic heterocycles. The van der Waals surface area contributed by atoms with Crippen molar-refractivity contribution in [2.24, 2.45) is 10.2 Å². The molecule has 20 nitrogen and oxygen atoms in total. The van der Waals surface area contributed by atoms with E-state index in [0.29, 0.717) is 0 Å². The van der Waals surface area contributed by atoms with Gasteiger partial charge in [-0.05, 0) is 41.8 Å². The number of ether oxygens (including phenoxy) is 1. The molecule has 0 aliphatic carbocycles. The third-order valence-corrected chi connectivity index (χ3v) is 10.5. The fraction of sp³-hybridized carbons (Fsp3) is 0.138. The van der Waals surface area contributed by atoms with Crippen LogP contribution in [0, 0.1) is 6.08 Å². The highest BCUT2D eigenvalue weighted by molar-refractivity contribution is 7.94. The molecule has 25 heteroatoms. The van der Waals surface area contributed by atoms with Crippen molar-refractivity contribution in [1.29, 1.82) is 0 Å². The molecule has 0 saturated heterocycles. The summed E-state index contributed by atoms with van der Waals surface area (Å²) in [6, 6.07) is 12.0. The molecule has 5 rings (SSSR count). The van der Waals surface area contributed by atoms with Gasteiger partial charge in [0.25, 0.3) is 20.2 Å². The monoisotopic (exact) mass is 827 g/mol. The molecule has 0 spiro atoms. The number of hydrogen-bond donors (Lipinski definition) is 5. The first-order valence-corrected chi connectivity index (χ1v) is 20.7. The molecule has 54 heavy (non-hydrogen) atoms. The SMILES string of the molecule is C=CS(=O)(=O)CCOCCNc1nc(F)nc(Nc2ccc3c(OS(=O)(=O)O)c(N=Nc4ccc5c(S(=O)(=O)O)cccc5c4S(=O)(=O)O)ccc3c2)n1. The van der Waals surface area contributed by atoms with Crippen LogP contribution in [0.3, 0.4) is 0 Å². The number of nitrogens with zero attached hydrogens (tertiary/aromatic N) is 5. The Hall–Kier alpha value is -5.28. The average molecular weight is 828 g/mol. The number of sulfone groups is 1. The summed E-state index contributed by atoms with van der Waals surface area (Å²) in [6.45, 7) is 3.22. The topological polar surface area (TPSA) is 303 Å². The normalized spacial score (nSPS) is 12.7. The molecule has 5 aromatic rings. The van der Waals surface area contributed by atoms with Crippen LogP contribution in [0.5, 0.6) is 5.75 Å².